The van der Waals surface area contributed by atoms with E-state index in [0.717, 1.165) is 5.56 Å². The molecule has 0 N–H and O–H groups in total. The van der Waals surface area contributed by atoms with Crippen LogP contribution in [-0.4, -0.2) is 66.3 Å². The highest BCUT2D eigenvalue weighted by Gasteiger charge is 2.34. The third kappa shape index (κ3) is 4.03. The summed E-state index contributed by atoms with van der Waals surface area (Å²) >= 11 is 0. The van der Waals surface area contributed by atoms with Crippen molar-refractivity contribution in [2.75, 3.05) is 33.0 Å². The molecular weight excluding hydrogens is 456 g/mol. The minimum absolute atomic E-state index is 0.143. The summed E-state index contributed by atoms with van der Waals surface area (Å²) in [5.41, 5.74) is 2.63. The van der Waals surface area contributed by atoms with E-state index in [9.17, 15) is 13.2 Å². The van der Waals surface area contributed by atoms with E-state index in [1.165, 1.54) is 4.31 Å². The molecule has 1 aromatic heterocycles. The molecule has 0 aliphatic carbocycles. The Morgan fingerprint density at radius 3 is 2.41 bits per heavy atom. The zero-order chi connectivity index (χ0) is 23.9. The topological polar surface area (TPSA) is 94.0 Å². The molecule has 0 unspecified atom stereocenters. The van der Waals surface area contributed by atoms with Gasteiger partial charge in [0.15, 0.2) is 11.5 Å². The SMILES string of the molecule is Cc1nn(Cc2ccccc2)c(C)c1S(=O)(=O)N1CCN(C(=O)c2ccc3c(c2)OCO3)CC1. The number of ether oxygens (including phenoxy) is 2. The van der Waals surface area contributed by atoms with Crippen LogP contribution in [0.25, 0.3) is 0 Å². The molecule has 0 saturated carbocycles. The molecule has 1 fully saturated rings. The van der Waals surface area contributed by atoms with Gasteiger partial charge in [-0.15, -0.1) is 0 Å². The highest BCUT2D eigenvalue weighted by molar-refractivity contribution is 7.89. The standard InChI is InChI=1S/C24H26N4O5S/c1-17-23(18(2)28(25-17)15-19-6-4-3-5-7-19)34(30,31)27-12-10-26(11-13-27)24(29)20-8-9-21-22(14-20)33-16-32-21/h3-9,14H,10-13,15-16H2,1-2H3. The molecule has 3 heterocycles. The second-order valence-corrected chi connectivity index (χ2v) is 10.3. The zero-order valence-corrected chi connectivity index (χ0v) is 19.9. The number of sulfonamides is 1. The molecule has 178 valence electrons. The largest absolute Gasteiger partial charge is 0.454 e. The summed E-state index contributed by atoms with van der Waals surface area (Å²) in [5, 5.41) is 4.50. The second-order valence-electron chi connectivity index (χ2n) is 8.41. The van der Waals surface area contributed by atoms with Crippen molar-refractivity contribution >= 4 is 15.9 Å². The number of piperazine rings is 1. The average molecular weight is 483 g/mol. The van der Waals surface area contributed by atoms with Gasteiger partial charge in [0.25, 0.3) is 5.91 Å². The smallest absolute Gasteiger partial charge is 0.254 e. The van der Waals surface area contributed by atoms with Crippen molar-refractivity contribution in [2.24, 2.45) is 0 Å². The lowest BCUT2D eigenvalue weighted by Crippen LogP contribution is -2.50. The monoisotopic (exact) mass is 482 g/mol. The quantitative estimate of drug-likeness (QED) is 0.555. The molecule has 3 aromatic rings. The van der Waals surface area contributed by atoms with Crippen molar-refractivity contribution in [3.63, 3.8) is 0 Å². The first kappa shape index (κ1) is 22.4. The Balaban J connectivity index is 1.29. The third-order valence-electron chi connectivity index (χ3n) is 6.23. The number of rotatable bonds is 5. The molecule has 0 bridgehead atoms. The van der Waals surface area contributed by atoms with Gasteiger partial charge in [0.2, 0.25) is 16.8 Å². The number of fused-ring (bicyclic) bond motifs is 1. The number of carbonyl (C=O) groups is 1. The van der Waals surface area contributed by atoms with Crippen molar-refractivity contribution in [2.45, 2.75) is 25.3 Å². The number of aromatic nitrogens is 2. The van der Waals surface area contributed by atoms with Crippen LogP contribution in [0.3, 0.4) is 0 Å². The Morgan fingerprint density at radius 1 is 0.971 bits per heavy atom. The van der Waals surface area contributed by atoms with Crippen LogP contribution >= 0.6 is 0 Å². The maximum atomic E-state index is 13.5. The number of amides is 1. The van der Waals surface area contributed by atoms with Crippen molar-refractivity contribution in [3.8, 4) is 11.5 Å². The van der Waals surface area contributed by atoms with Gasteiger partial charge < -0.3 is 14.4 Å². The van der Waals surface area contributed by atoms with Gasteiger partial charge in [0.05, 0.1) is 17.9 Å². The Morgan fingerprint density at radius 2 is 1.68 bits per heavy atom. The minimum Gasteiger partial charge on any atom is -0.454 e. The summed E-state index contributed by atoms with van der Waals surface area (Å²) in [7, 11) is -3.74. The lowest BCUT2D eigenvalue weighted by Gasteiger charge is -2.34. The normalized spacial score (nSPS) is 16.1. The molecular formula is C24H26N4O5S. The van der Waals surface area contributed by atoms with Crippen molar-refractivity contribution in [1.29, 1.82) is 0 Å². The van der Waals surface area contributed by atoms with Gasteiger partial charge in [-0.25, -0.2) is 8.42 Å². The van der Waals surface area contributed by atoms with E-state index in [4.69, 9.17) is 9.47 Å². The van der Waals surface area contributed by atoms with Crippen LogP contribution in [0.1, 0.15) is 27.3 Å². The van der Waals surface area contributed by atoms with Crippen LogP contribution in [0.15, 0.2) is 53.4 Å². The lowest BCUT2D eigenvalue weighted by atomic mass is 10.1. The molecule has 0 spiro atoms. The Hall–Kier alpha value is -3.37. The van der Waals surface area contributed by atoms with Gasteiger partial charge in [-0.05, 0) is 37.6 Å². The predicted octanol–water partition coefficient (Wildman–Crippen LogP) is 2.42. The van der Waals surface area contributed by atoms with Crippen LogP contribution < -0.4 is 9.47 Å². The summed E-state index contributed by atoms with van der Waals surface area (Å²) in [5.74, 6) is 1.01. The van der Waals surface area contributed by atoms with Gasteiger partial charge in [0.1, 0.15) is 4.90 Å². The van der Waals surface area contributed by atoms with E-state index >= 15 is 0 Å². The van der Waals surface area contributed by atoms with Crippen LogP contribution in [-0.2, 0) is 16.6 Å². The molecule has 0 radical (unpaired) electrons. The van der Waals surface area contributed by atoms with Gasteiger partial charge in [-0.3, -0.25) is 9.48 Å². The first-order valence-corrected chi connectivity index (χ1v) is 12.6. The molecule has 9 nitrogen and oxygen atoms in total. The predicted molar refractivity (Wildman–Crippen MR) is 124 cm³/mol. The lowest BCUT2D eigenvalue weighted by molar-refractivity contribution is 0.0697. The first-order chi connectivity index (χ1) is 16.3. The van der Waals surface area contributed by atoms with Gasteiger partial charge in [-0.2, -0.15) is 9.40 Å². The third-order valence-corrected chi connectivity index (χ3v) is 8.39. The van der Waals surface area contributed by atoms with Crippen LogP contribution in [0.5, 0.6) is 11.5 Å². The summed E-state index contributed by atoms with van der Waals surface area (Å²) in [6.45, 7) is 5.22. The highest BCUT2D eigenvalue weighted by atomic mass is 32.2. The number of benzene rings is 2. The number of hydrogen-bond acceptors (Lipinski definition) is 6. The zero-order valence-electron chi connectivity index (χ0n) is 19.1. The van der Waals surface area contributed by atoms with E-state index in [2.05, 4.69) is 5.10 Å². The van der Waals surface area contributed by atoms with E-state index in [-0.39, 0.29) is 30.7 Å². The minimum atomic E-state index is -3.74. The molecule has 0 atom stereocenters. The van der Waals surface area contributed by atoms with Gasteiger partial charge in [-0.1, -0.05) is 30.3 Å². The highest BCUT2D eigenvalue weighted by Crippen LogP contribution is 2.33. The van der Waals surface area contributed by atoms with Crippen LogP contribution in [0.2, 0.25) is 0 Å². The average Bonchev–Trinajstić information content (AvgIpc) is 3.42. The number of nitrogens with zero attached hydrogens (tertiary/aromatic N) is 4. The molecule has 1 saturated heterocycles. The maximum absolute atomic E-state index is 13.5. The fourth-order valence-electron chi connectivity index (χ4n) is 4.44. The summed E-state index contributed by atoms with van der Waals surface area (Å²) in [6, 6.07) is 14.9. The van der Waals surface area contributed by atoms with E-state index in [0.29, 0.717) is 48.1 Å². The molecule has 1 amide bonds. The Bertz CT molecular complexity index is 1330. The molecule has 34 heavy (non-hydrogen) atoms. The van der Waals surface area contributed by atoms with Crippen molar-refractivity contribution in [1.82, 2.24) is 19.0 Å². The summed E-state index contributed by atoms with van der Waals surface area (Å²) in [6.07, 6.45) is 0. The van der Waals surface area contributed by atoms with E-state index in [1.807, 2.05) is 30.3 Å². The number of aryl methyl sites for hydroxylation is 1. The van der Waals surface area contributed by atoms with Crippen molar-refractivity contribution < 1.29 is 22.7 Å². The van der Waals surface area contributed by atoms with Crippen LogP contribution in [0, 0.1) is 13.8 Å². The fourth-order valence-corrected chi connectivity index (χ4v) is 6.23. The summed E-state index contributed by atoms with van der Waals surface area (Å²) < 4.78 is 40.9. The van der Waals surface area contributed by atoms with Crippen molar-refractivity contribution in [3.05, 3.63) is 71.0 Å². The molecule has 2 aliphatic rings. The van der Waals surface area contributed by atoms with E-state index < -0.39 is 10.0 Å². The fraction of sp³-hybridized carbons (Fsp3) is 0.333. The van der Waals surface area contributed by atoms with E-state index in [1.54, 1.807) is 41.6 Å². The van der Waals surface area contributed by atoms with Crippen LogP contribution in [0.4, 0.5) is 0 Å². The van der Waals surface area contributed by atoms with Gasteiger partial charge >= 0.3 is 0 Å². The second kappa shape index (κ2) is 8.77. The summed E-state index contributed by atoms with van der Waals surface area (Å²) in [4.78, 5) is 14.9. The number of carbonyl (C=O) groups excluding carboxylic acids is 1. The maximum Gasteiger partial charge on any atom is 0.254 e. The Labute approximate surface area is 198 Å². The Kier molecular flexibility index (Phi) is 5.78. The molecule has 2 aromatic carbocycles. The molecule has 2 aliphatic heterocycles. The molecule has 10 heteroatoms. The van der Waals surface area contributed by atoms with Gasteiger partial charge in [0, 0.05) is 31.7 Å². The first-order valence-electron chi connectivity index (χ1n) is 11.1. The molecule has 5 rings (SSSR count). The number of hydrogen-bond donors (Lipinski definition) is 0.